The summed E-state index contributed by atoms with van der Waals surface area (Å²) in [4.78, 5) is 23.2. The van der Waals surface area contributed by atoms with Crippen molar-refractivity contribution in [1.29, 1.82) is 0 Å². The average Bonchev–Trinajstić information content (AvgIpc) is 2.40. The number of hydrogen-bond donors (Lipinski definition) is 1. The van der Waals surface area contributed by atoms with Gasteiger partial charge in [0.15, 0.2) is 0 Å². The highest BCUT2D eigenvalue weighted by Crippen LogP contribution is 2.16. The number of amides is 1. The first-order chi connectivity index (χ1) is 8.62. The second-order valence-corrected chi connectivity index (χ2v) is 3.70. The predicted molar refractivity (Wildman–Crippen MR) is 67.4 cm³/mol. The lowest BCUT2D eigenvalue weighted by Crippen LogP contribution is -2.30. The average molecular weight is 251 g/mol. The molecule has 1 atom stereocenters. The largest absolute Gasteiger partial charge is 0.497 e. The van der Waals surface area contributed by atoms with Crippen LogP contribution in [0.2, 0.25) is 0 Å². The first-order valence-corrected chi connectivity index (χ1v) is 5.65. The van der Waals surface area contributed by atoms with Crippen molar-refractivity contribution >= 4 is 17.6 Å². The Morgan fingerprint density at radius 2 is 1.83 bits per heavy atom. The van der Waals surface area contributed by atoms with Gasteiger partial charge in [0.05, 0.1) is 14.2 Å². The second kappa shape index (κ2) is 6.64. The maximum Gasteiger partial charge on any atom is 0.318 e. The summed E-state index contributed by atoms with van der Waals surface area (Å²) in [6.07, 6.45) is 0.397. The minimum atomic E-state index is -0.780. The Balaban J connectivity index is 2.70. The molecule has 0 spiro atoms. The van der Waals surface area contributed by atoms with Gasteiger partial charge in [0.1, 0.15) is 11.7 Å². The monoisotopic (exact) mass is 251 g/mol. The molecule has 98 valence electrons. The van der Waals surface area contributed by atoms with Crippen LogP contribution in [0.25, 0.3) is 0 Å². The van der Waals surface area contributed by atoms with Gasteiger partial charge in [-0.15, -0.1) is 0 Å². The van der Waals surface area contributed by atoms with E-state index in [0.29, 0.717) is 17.9 Å². The Morgan fingerprint density at radius 3 is 2.28 bits per heavy atom. The summed E-state index contributed by atoms with van der Waals surface area (Å²) in [5.74, 6) is -0.969. The van der Waals surface area contributed by atoms with Gasteiger partial charge in [-0.2, -0.15) is 0 Å². The molecule has 5 heteroatoms. The molecule has 0 saturated carbocycles. The van der Waals surface area contributed by atoms with Crippen molar-refractivity contribution in [1.82, 2.24) is 0 Å². The lowest BCUT2D eigenvalue weighted by molar-refractivity contribution is -0.148. The van der Waals surface area contributed by atoms with Crippen LogP contribution in [0, 0.1) is 5.92 Å². The minimum absolute atomic E-state index is 0.366. The number of rotatable bonds is 5. The molecule has 1 N–H and O–H groups in total. The van der Waals surface area contributed by atoms with E-state index in [9.17, 15) is 9.59 Å². The van der Waals surface area contributed by atoms with Crippen LogP contribution in [0.3, 0.4) is 0 Å². The summed E-state index contributed by atoms with van der Waals surface area (Å²) in [5, 5.41) is 2.66. The molecule has 0 aliphatic rings. The molecule has 5 nitrogen and oxygen atoms in total. The number of carbonyl (C=O) groups excluding carboxylic acids is 2. The first-order valence-electron chi connectivity index (χ1n) is 5.65. The van der Waals surface area contributed by atoms with Gasteiger partial charge < -0.3 is 14.8 Å². The van der Waals surface area contributed by atoms with Crippen molar-refractivity contribution in [2.75, 3.05) is 19.5 Å². The zero-order chi connectivity index (χ0) is 13.5. The lowest BCUT2D eigenvalue weighted by atomic mass is 10.1. The molecule has 0 aromatic heterocycles. The van der Waals surface area contributed by atoms with E-state index in [1.54, 1.807) is 38.3 Å². The fourth-order valence-electron chi connectivity index (χ4n) is 1.51. The maximum atomic E-state index is 11.9. The Morgan fingerprint density at radius 1 is 1.22 bits per heavy atom. The minimum Gasteiger partial charge on any atom is -0.497 e. The van der Waals surface area contributed by atoms with E-state index in [1.165, 1.54) is 7.11 Å². The number of carbonyl (C=O) groups is 2. The standard InChI is InChI=1S/C13H17NO4/c1-4-11(13(16)18-3)12(15)14-9-5-7-10(17-2)8-6-9/h5-8,11H,4H2,1-3H3,(H,14,15). The van der Waals surface area contributed by atoms with Crippen molar-refractivity contribution in [3.63, 3.8) is 0 Å². The fourth-order valence-corrected chi connectivity index (χ4v) is 1.51. The van der Waals surface area contributed by atoms with E-state index in [1.807, 2.05) is 0 Å². The van der Waals surface area contributed by atoms with Crippen molar-refractivity contribution in [2.45, 2.75) is 13.3 Å². The van der Waals surface area contributed by atoms with Crippen LogP contribution in [0.4, 0.5) is 5.69 Å². The van der Waals surface area contributed by atoms with Crippen LogP contribution in [0.15, 0.2) is 24.3 Å². The van der Waals surface area contributed by atoms with E-state index < -0.39 is 11.9 Å². The summed E-state index contributed by atoms with van der Waals surface area (Å²) >= 11 is 0. The van der Waals surface area contributed by atoms with Gasteiger partial charge >= 0.3 is 5.97 Å². The van der Waals surface area contributed by atoms with Gasteiger partial charge in [-0.3, -0.25) is 9.59 Å². The van der Waals surface area contributed by atoms with Crippen LogP contribution in [0.5, 0.6) is 5.75 Å². The number of ether oxygens (including phenoxy) is 2. The molecule has 1 rings (SSSR count). The second-order valence-electron chi connectivity index (χ2n) is 3.70. The Bertz CT molecular complexity index is 414. The van der Waals surface area contributed by atoms with Crippen molar-refractivity contribution < 1.29 is 19.1 Å². The van der Waals surface area contributed by atoms with Crippen LogP contribution < -0.4 is 10.1 Å². The first kappa shape index (κ1) is 14.0. The zero-order valence-electron chi connectivity index (χ0n) is 10.7. The molecular formula is C13H17NO4. The summed E-state index contributed by atoms with van der Waals surface area (Å²) in [5.41, 5.74) is 0.614. The van der Waals surface area contributed by atoms with Crippen LogP contribution in [-0.2, 0) is 14.3 Å². The van der Waals surface area contributed by atoms with E-state index in [4.69, 9.17) is 4.74 Å². The molecule has 0 aliphatic heterocycles. The lowest BCUT2D eigenvalue weighted by Gasteiger charge is -2.12. The van der Waals surface area contributed by atoms with Gasteiger partial charge in [0.2, 0.25) is 5.91 Å². The van der Waals surface area contributed by atoms with E-state index in [0.717, 1.165) is 0 Å². The highest BCUT2D eigenvalue weighted by Gasteiger charge is 2.25. The van der Waals surface area contributed by atoms with Crippen LogP contribution in [-0.4, -0.2) is 26.1 Å². The Hall–Kier alpha value is -2.04. The molecule has 0 fully saturated rings. The molecule has 0 aliphatic carbocycles. The number of benzene rings is 1. The molecule has 1 amide bonds. The normalized spacial score (nSPS) is 11.5. The SMILES string of the molecule is CCC(C(=O)Nc1ccc(OC)cc1)C(=O)OC. The van der Waals surface area contributed by atoms with E-state index in [-0.39, 0.29) is 5.91 Å². The van der Waals surface area contributed by atoms with Crippen molar-refractivity contribution in [2.24, 2.45) is 5.92 Å². The van der Waals surface area contributed by atoms with Gasteiger partial charge in [0, 0.05) is 5.69 Å². The number of esters is 1. The summed E-state index contributed by atoms with van der Waals surface area (Å²) < 4.78 is 9.59. The highest BCUT2D eigenvalue weighted by molar-refractivity contribution is 6.04. The zero-order valence-corrected chi connectivity index (χ0v) is 10.7. The number of methoxy groups -OCH3 is 2. The molecule has 1 aromatic carbocycles. The van der Waals surface area contributed by atoms with Gasteiger partial charge in [-0.25, -0.2) is 0 Å². The molecule has 0 saturated heterocycles. The smallest absolute Gasteiger partial charge is 0.318 e. The van der Waals surface area contributed by atoms with Crippen LogP contribution in [0.1, 0.15) is 13.3 Å². The van der Waals surface area contributed by atoms with Crippen LogP contribution >= 0.6 is 0 Å². The molecule has 0 bridgehead atoms. The topological polar surface area (TPSA) is 64.6 Å². The molecule has 1 unspecified atom stereocenters. The van der Waals surface area contributed by atoms with Gasteiger partial charge in [-0.1, -0.05) is 6.92 Å². The molecular weight excluding hydrogens is 234 g/mol. The molecule has 18 heavy (non-hydrogen) atoms. The van der Waals surface area contributed by atoms with E-state index >= 15 is 0 Å². The number of nitrogens with one attached hydrogen (secondary N) is 1. The third kappa shape index (κ3) is 3.48. The predicted octanol–water partition coefficient (Wildman–Crippen LogP) is 1.83. The van der Waals surface area contributed by atoms with Crippen molar-refractivity contribution in [3.8, 4) is 5.75 Å². The quantitative estimate of drug-likeness (QED) is 0.640. The maximum absolute atomic E-state index is 11.9. The fraction of sp³-hybridized carbons (Fsp3) is 0.385. The summed E-state index contributed by atoms with van der Waals surface area (Å²) in [6, 6.07) is 6.88. The van der Waals surface area contributed by atoms with Crippen molar-refractivity contribution in [3.05, 3.63) is 24.3 Å². The third-order valence-corrected chi connectivity index (χ3v) is 2.57. The molecule has 0 heterocycles. The Labute approximate surface area is 106 Å². The molecule has 1 aromatic rings. The number of anilines is 1. The molecule has 0 radical (unpaired) electrons. The third-order valence-electron chi connectivity index (χ3n) is 2.57. The van der Waals surface area contributed by atoms with Gasteiger partial charge in [0.25, 0.3) is 0 Å². The van der Waals surface area contributed by atoms with E-state index in [2.05, 4.69) is 10.1 Å². The Kier molecular flexibility index (Phi) is 5.17. The number of hydrogen-bond acceptors (Lipinski definition) is 4. The van der Waals surface area contributed by atoms with Gasteiger partial charge in [-0.05, 0) is 30.7 Å². The summed E-state index contributed by atoms with van der Waals surface area (Å²) in [7, 11) is 2.84. The summed E-state index contributed by atoms with van der Waals surface area (Å²) in [6.45, 7) is 1.76. The highest BCUT2D eigenvalue weighted by atomic mass is 16.5.